The molecule has 12 rings (SSSR count). The predicted octanol–water partition coefficient (Wildman–Crippen LogP) is 9.67. The predicted molar refractivity (Wildman–Crippen MR) is 537 cm³/mol. The number of hydrogen-bond donors (Lipinski definition) is 12. The number of ether oxygens (including phenoxy) is 10. The number of amides is 2. The van der Waals surface area contributed by atoms with Crippen LogP contribution in [0.4, 0.5) is 9.59 Å². The maximum absolute atomic E-state index is 12.6. The minimum atomic E-state index is -3.08. The first-order valence-corrected chi connectivity index (χ1v) is 50.8. The van der Waals surface area contributed by atoms with Crippen LogP contribution in [0.5, 0.6) is 5.75 Å². The number of aliphatic hydroxyl groups excluding tert-OH is 5. The number of carbonyl (C=O) groups excluding carboxylic acids is 3. The molecule has 2 unspecified atom stereocenters. The molecule has 0 bridgehead atoms. The van der Waals surface area contributed by atoms with Gasteiger partial charge in [-0.3, -0.25) is 10.2 Å². The Bertz CT molecular complexity index is 4230. The molecule has 1 radical (unpaired) electrons. The Balaban J connectivity index is 0.000000286. The zero-order valence-electron chi connectivity index (χ0n) is 83.0. The molecule has 30 nitrogen and oxygen atoms in total. The fourth-order valence-electron chi connectivity index (χ4n) is 16.6. The molecule has 6 aromatic rings. The molecule has 0 spiro atoms. The van der Waals surface area contributed by atoms with Crippen molar-refractivity contribution in [2.24, 2.45) is 53.1 Å². The van der Waals surface area contributed by atoms with Crippen LogP contribution < -0.4 is 41.9 Å². The second-order valence-electron chi connectivity index (χ2n) is 38.1. The number of alkyl carbamates (subject to hydrolysis) is 2. The summed E-state index contributed by atoms with van der Waals surface area (Å²) in [6.45, 7) is 33.6. The Morgan fingerprint density at radius 1 is 0.426 bits per heavy atom. The molecule has 761 valence electrons. The largest absolute Gasteiger partial charge is 0.649 e. The Hall–Kier alpha value is -5.72. The Morgan fingerprint density at radius 3 is 1.05 bits per heavy atom. The summed E-state index contributed by atoms with van der Waals surface area (Å²) in [6, 6.07) is 55.5. The van der Waals surface area contributed by atoms with Gasteiger partial charge in [-0.25, -0.2) is 18.0 Å². The fraction of sp³-hybridized carbons (Fsp3) is 0.618. The van der Waals surface area contributed by atoms with Gasteiger partial charge in [0.15, 0.2) is 28.7 Å². The number of aliphatic hydroxyl groups is 5. The van der Waals surface area contributed by atoms with Gasteiger partial charge in [0.05, 0.1) is 112 Å². The number of nitrogens with two attached hydrogens (primary N) is 1. The summed E-state index contributed by atoms with van der Waals surface area (Å²) in [6.07, 6.45) is 2.06. The van der Waals surface area contributed by atoms with Gasteiger partial charge in [0, 0.05) is 115 Å². The minimum Gasteiger partial charge on any atom is -0.649 e. The van der Waals surface area contributed by atoms with Crippen molar-refractivity contribution in [1.82, 2.24) is 46.1 Å². The summed E-state index contributed by atoms with van der Waals surface area (Å²) in [7, 11) is 9.55. The summed E-state index contributed by atoms with van der Waals surface area (Å²) < 4.78 is 75.3. The van der Waals surface area contributed by atoms with Crippen molar-refractivity contribution in [3.63, 3.8) is 0 Å². The molecule has 6 saturated heterocycles. The zero-order valence-corrected chi connectivity index (χ0v) is 89.0. The molecular weight excluding hydrogens is 1870 g/mol. The number of hydrogen-bond acceptors (Lipinski definition) is 28. The van der Waals surface area contributed by atoms with E-state index in [0.29, 0.717) is 125 Å². The van der Waals surface area contributed by atoms with Crippen molar-refractivity contribution in [2.75, 3.05) is 140 Å². The molecule has 136 heavy (non-hydrogen) atoms. The first-order chi connectivity index (χ1) is 64.5. The van der Waals surface area contributed by atoms with E-state index in [1.165, 1.54) is 48.7 Å². The van der Waals surface area contributed by atoms with Crippen molar-refractivity contribution in [3.05, 3.63) is 204 Å². The number of methoxy groups -OCH3 is 1. The number of likely N-dealkylation sites (N-methyl/N-ethyl adjacent to an activating group) is 3. The van der Waals surface area contributed by atoms with Crippen molar-refractivity contribution >= 4 is 47.3 Å². The van der Waals surface area contributed by atoms with E-state index >= 15 is 0 Å². The number of rotatable bonds is 45. The standard InChI is InChI=1S/C22H34N2O5.C21H32N2O5.C15H27N2OP.C15H26N2O.C14H25N2OP.C8H10O3S.C7H9O4.Y/c1-15(2)12-24(3)13-19(25)18(11-16-7-5-4-6-8-16)23-22(26)29-20-14-28-21-17(20)9-10-27-21;1-14(2)11-22-12-18(24)17(10-15-6-4-3-5-7-15)23-21(25)28-19-13-27-20-16(19)8-9-26-20;1-12(2)10-17(3)11-15(18)14(16-19)9-13-7-5-4-6-8-13;1-12(2)10-17(3)11-15(18)14(16)9-13-7-5-4-6-8-13;1-11(2)9-15-10-14(17)13(16-18)8-12-6-4-3-5-7-12;1-11-7-3-5-8(6-4-7)12(2,9)10;8-4-11-6-3-10-7-5(6)1-2-9-7;/h4-8,15,17-21,25H,9-14H2,1-3H3,(H,23,26);3-7,14,16-20,22,24H,8-13H2,1-2H3,(H,23,25);4-8,12,14-16,18H,9-11,19H2,1-3H3;4-8,12,14-15,18H,9-11,16H2,1-3H3;3-7,11,13-17H,8-10,18H2,1-2H3;3-6H,1-2H3;5-7H,1-3H2;/q;;;;;;-1;/t17-,18+,19-,20-,21+;16-,17+,18-,19-,20+;2*14-,15+;13-,14+;;5-,6-,7+;/m11000.1./s1. The van der Waals surface area contributed by atoms with E-state index in [0.717, 1.165) is 82.4 Å². The average molecular weight is 2030 g/mol. The normalized spacial score (nSPS) is 21.3. The molecule has 21 atom stereocenters. The van der Waals surface area contributed by atoms with E-state index in [2.05, 4.69) is 165 Å². The Labute approximate surface area is 841 Å². The molecule has 6 aliphatic rings. The van der Waals surface area contributed by atoms with Gasteiger partial charge >= 0.3 is 12.2 Å². The monoisotopic (exact) mass is 2030 g/mol. The summed E-state index contributed by atoms with van der Waals surface area (Å²) in [4.78, 5) is 41.7. The van der Waals surface area contributed by atoms with E-state index in [1.807, 2.05) is 141 Å². The topological polar surface area (TPSA) is 387 Å². The van der Waals surface area contributed by atoms with E-state index in [-0.39, 0.29) is 118 Å². The summed E-state index contributed by atoms with van der Waals surface area (Å²) in [5, 5.41) is 70.7. The number of sulfone groups is 1. The first kappa shape index (κ1) is 121. The molecule has 0 aromatic heterocycles. The van der Waals surface area contributed by atoms with E-state index < -0.39 is 52.4 Å². The molecule has 6 fully saturated rings. The van der Waals surface area contributed by atoms with E-state index in [1.54, 1.807) is 12.1 Å². The van der Waals surface area contributed by atoms with Gasteiger partial charge in [-0.15, -0.1) is 0 Å². The molecule has 2 amide bonds. The Kier molecular flexibility index (Phi) is 59.4. The molecule has 0 aliphatic carbocycles. The third-order valence-electron chi connectivity index (χ3n) is 23.4. The van der Waals surface area contributed by atoms with Crippen LogP contribution in [0.25, 0.3) is 0 Å². The average Bonchev–Trinajstić information content (AvgIpc) is 1.67. The number of benzene rings is 6. The number of fused-ring (bicyclic) bond motifs is 3. The van der Waals surface area contributed by atoms with Gasteiger partial charge in [0.1, 0.15) is 18.0 Å². The van der Waals surface area contributed by atoms with Gasteiger partial charge in [0.2, 0.25) is 0 Å². The van der Waals surface area contributed by atoms with Crippen LogP contribution in [0, 0.1) is 47.3 Å². The third-order valence-corrected chi connectivity index (χ3v) is 25.4. The third kappa shape index (κ3) is 47.9. The van der Waals surface area contributed by atoms with Gasteiger partial charge in [-0.2, -0.15) is 0 Å². The molecule has 6 heterocycles. The molecule has 6 aromatic carbocycles. The zero-order chi connectivity index (χ0) is 98.8. The van der Waals surface area contributed by atoms with E-state index in [9.17, 15) is 48.3 Å². The maximum atomic E-state index is 12.6. The fourth-order valence-corrected chi connectivity index (χ4v) is 17.9. The van der Waals surface area contributed by atoms with Crippen LogP contribution >= 0.6 is 18.8 Å². The van der Waals surface area contributed by atoms with Gasteiger partial charge in [0.25, 0.3) is 0 Å². The molecule has 0 saturated carbocycles. The van der Waals surface area contributed by atoms with Crippen molar-refractivity contribution in [1.29, 1.82) is 0 Å². The molecular formula is C102H163N10O20P2SY-. The van der Waals surface area contributed by atoms with Crippen LogP contribution in [-0.4, -0.2) is 305 Å². The smallest absolute Gasteiger partial charge is 0.407 e. The quantitative estimate of drug-likeness (QED) is 0.00961. The molecule has 34 heteroatoms. The number of nitrogens with one attached hydrogen (secondary N) is 6. The molecule has 6 aliphatic heterocycles. The summed E-state index contributed by atoms with van der Waals surface area (Å²) in [5.74, 6) is 3.89. The summed E-state index contributed by atoms with van der Waals surface area (Å²) >= 11 is 0. The Morgan fingerprint density at radius 2 is 0.728 bits per heavy atom. The number of carbonyl (C=O) groups is 2. The van der Waals surface area contributed by atoms with Crippen molar-refractivity contribution in [3.8, 4) is 5.75 Å². The van der Waals surface area contributed by atoms with Crippen LogP contribution in [-0.2, 0) is 122 Å². The first-order valence-electron chi connectivity index (χ1n) is 47.8. The van der Waals surface area contributed by atoms with Crippen molar-refractivity contribution < 1.29 is 128 Å². The molecule has 13 N–H and O–H groups in total. The van der Waals surface area contributed by atoms with Crippen LogP contribution in [0.1, 0.15) is 116 Å². The van der Waals surface area contributed by atoms with Gasteiger partial charge < -0.3 is 119 Å². The van der Waals surface area contributed by atoms with Crippen LogP contribution in [0.2, 0.25) is 0 Å². The van der Waals surface area contributed by atoms with E-state index in [4.69, 9.17) is 53.1 Å². The second-order valence-corrected chi connectivity index (χ2v) is 40.8. The SMILES string of the molecule is CC(C)CN(C)C[C@@H](O)[C@@H](N)Cc1ccccc1.CC(C)CN(C)C[C@@H](O)[C@H](Cc1ccccc1)NC(=O)O[C@@H]1CO[C@@H]2OCC[C@@H]21.CC(C)CN(C)C[C@@H](O)[C@H](Cc1ccccc1)NP.CC(C)CNC[C@@H](O)[C@H](Cc1ccccc1)NC(=O)O[C@@H]1CO[C@@H]2OCC[C@@H]21.CC(C)CNC[C@@H](O)[C@H](Cc1ccccc1)NP.COc1ccc(S(C)(=O)=O)cc1.O=[C-]O[C@@H]1CO[C@@H]2OCC[C@@H]21.[Y]. The number of nitrogens with zero attached hydrogens (tertiary/aromatic N) is 3. The minimum absolute atomic E-state index is 0. The van der Waals surface area contributed by atoms with Gasteiger partial charge in [-0.05, 0) is 167 Å². The second kappa shape index (κ2) is 66.9. The maximum Gasteiger partial charge on any atom is 0.407 e. The van der Waals surface area contributed by atoms with Crippen molar-refractivity contribution in [2.45, 2.75) is 223 Å². The van der Waals surface area contributed by atoms with Crippen LogP contribution in [0.3, 0.4) is 0 Å². The van der Waals surface area contributed by atoms with Gasteiger partial charge in [-0.1, -0.05) is 246 Å². The summed E-state index contributed by atoms with van der Waals surface area (Å²) in [5.41, 5.74) is 11.8. The van der Waals surface area contributed by atoms with Crippen LogP contribution in [0.15, 0.2) is 181 Å².